The van der Waals surface area contributed by atoms with E-state index in [0.29, 0.717) is 31.5 Å². The summed E-state index contributed by atoms with van der Waals surface area (Å²) < 4.78 is 27.3. The molecule has 1 rings (SSSR count). The van der Waals surface area contributed by atoms with E-state index in [-0.39, 0.29) is 24.3 Å². The Kier molecular flexibility index (Phi) is 8.34. The topological polar surface area (TPSA) is 122 Å². The summed E-state index contributed by atoms with van der Waals surface area (Å²) >= 11 is 0. The molecule has 0 radical (unpaired) electrons. The van der Waals surface area contributed by atoms with Crippen LogP contribution in [0.5, 0.6) is 0 Å². The van der Waals surface area contributed by atoms with Gasteiger partial charge in [0.05, 0.1) is 12.8 Å². The van der Waals surface area contributed by atoms with Crippen molar-refractivity contribution in [3.8, 4) is 0 Å². The number of hydrogen-bond acceptors (Lipinski definition) is 4. The molecule has 0 atom stereocenters. The molecule has 0 heterocycles. The molecular weight excluding hydrogens is 344 g/mol. The standard InChI is InChI=1S/C16H30N4O4S/c1-4-5-10-20(2)15(19-25(3,23)24)12-6-8-13(9-7-12)16(22)18-11-14(17)21/h12-13H,4-11H2,1-3H3,(H2,17,21)(H,18,22). The number of nitrogens with one attached hydrogen (secondary N) is 1. The monoisotopic (exact) mass is 374 g/mol. The van der Waals surface area contributed by atoms with Gasteiger partial charge in [-0.1, -0.05) is 13.3 Å². The maximum atomic E-state index is 12.0. The summed E-state index contributed by atoms with van der Waals surface area (Å²) in [5.74, 6) is -0.292. The lowest BCUT2D eigenvalue weighted by Gasteiger charge is -2.32. The predicted molar refractivity (Wildman–Crippen MR) is 97.5 cm³/mol. The molecule has 0 unspecified atom stereocenters. The average molecular weight is 375 g/mol. The number of sulfonamides is 1. The molecule has 0 aliphatic heterocycles. The number of primary amides is 1. The molecule has 0 aromatic rings. The van der Waals surface area contributed by atoms with Crippen molar-refractivity contribution in [1.29, 1.82) is 0 Å². The van der Waals surface area contributed by atoms with Gasteiger partial charge in [-0.15, -0.1) is 0 Å². The van der Waals surface area contributed by atoms with E-state index < -0.39 is 15.9 Å². The first-order valence-electron chi connectivity index (χ1n) is 8.71. The smallest absolute Gasteiger partial charge is 0.251 e. The zero-order chi connectivity index (χ0) is 19.0. The van der Waals surface area contributed by atoms with Crippen LogP contribution in [0.2, 0.25) is 0 Å². The summed E-state index contributed by atoms with van der Waals surface area (Å²) in [5.41, 5.74) is 5.03. The van der Waals surface area contributed by atoms with Crippen molar-refractivity contribution in [2.24, 2.45) is 22.0 Å². The van der Waals surface area contributed by atoms with E-state index in [2.05, 4.69) is 16.6 Å². The molecule has 0 saturated heterocycles. The van der Waals surface area contributed by atoms with Crippen LogP contribution in [0.1, 0.15) is 45.4 Å². The third-order valence-corrected chi connectivity index (χ3v) is 4.92. The summed E-state index contributed by atoms with van der Waals surface area (Å²) in [6.45, 7) is 2.68. The van der Waals surface area contributed by atoms with Gasteiger partial charge in [0.15, 0.2) is 0 Å². The van der Waals surface area contributed by atoms with Crippen molar-refractivity contribution in [3.05, 3.63) is 0 Å². The number of rotatable bonds is 8. The Morgan fingerprint density at radius 2 is 1.76 bits per heavy atom. The van der Waals surface area contributed by atoms with Gasteiger partial charge in [-0.25, -0.2) is 8.42 Å². The van der Waals surface area contributed by atoms with Crippen LogP contribution < -0.4 is 11.1 Å². The van der Waals surface area contributed by atoms with Gasteiger partial charge >= 0.3 is 0 Å². The second-order valence-corrected chi connectivity index (χ2v) is 8.34. The Hall–Kier alpha value is -1.64. The molecule has 8 nitrogen and oxygen atoms in total. The summed E-state index contributed by atoms with van der Waals surface area (Å²) in [4.78, 5) is 24.7. The highest BCUT2D eigenvalue weighted by Crippen LogP contribution is 2.31. The third kappa shape index (κ3) is 7.85. The van der Waals surface area contributed by atoms with Crippen LogP contribution in [0.25, 0.3) is 0 Å². The van der Waals surface area contributed by atoms with Gasteiger partial charge in [-0.05, 0) is 32.1 Å². The number of amidine groups is 1. The molecule has 2 amide bonds. The molecule has 25 heavy (non-hydrogen) atoms. The first-order valence-corrected chi connectivity index (χ1v) is 10.6. The van der Waals surface area contributed by atoms with E-state index in [1.807, 2.05) is 11.9 Å². The lowest BCUT2D eigenvalue weighted by molar-refractivity contribution is -0.128. The van der Waals surface area contributed by atoms with Crippen LogP contribution in [0.4, 0.5) is 0 Å². The molecule has 1 aliphatic rings. The highest BCUT2D eigenvalue weighted by Gasteiger charge is 2.30. The Balaban J connectivity index is 2.73. The van der Waals surface area contributed by atoms with Gasteiger partial charge in [-0.3, -0.25) is 9.59 Å². The normalized spacial score (nSPS) is 21.6. The first kappa shape index (κ1) is 21.4. The Morgan fingerprint density at radius 3 is 2.24 bits per heavy atom. The van der Waals surface area contributed by atoms with Gasteiger partial charge in [0.1, 0.15) is 5.84 Å². The molecule has 1 aliphatic carbocycles. The minimum absolute atomic E-state index is 0.0248. The van der Waals surface area contributed by atoms with Crippen LogP contribution >= 0.6 is 0 Å². The van der Waals surface area contributed by atoms with Gasteiger partial charge in [0.25, 0.3) is 10.0 Å². The molecule has 3 N–H and O–H groups in total. The van der Waals surface area contributed by atoms with E-state index in [1.54, 1.807) is 0 Å². The first-order chi connectivity index (χ1) is 11.6. The summed E-state index contributed by atoms with van der Waals surface area (Å²) in [6.07, 6.45) is 5.75. The van der Waals surface area contributed by atoms with E-state index in [4.69, 9.17) is 5.73 Å². The number of carbonyl (C=O) groups excluding carboxylic acids is 2. The highest BCUT2D eigenvalue weighted by atomic mass is 32.2. The predicted octanol–water partition coefficient (Wildman–Crippen LogP) is 0.484. The average Bonchev–Trinajstić information content (AvgIpc) is 2.54. The van der Waals surface area contributed by atoms with E-state index in [9.17, 15) is 18.0 Å². The van der Waals surface area contributed by atoms with Crippen LogP contribution in [0.15, 0.2) is 4.40 Å². The lowest BCUT2D eigenvalue weighted by atomic mass is 9.80. The zero-order valence-corrected chi connectivity index (χ0v) is 16.1. The van der Waals surface area contributed by atoms with Crippen molar-refractivity contribution in [3.63, 3.8) is 0 Å². The summed E-state index contributed by atoms with van der Waals surface area (Å²) in [7, 11) is -1.61. The molecule has 0 bridgehead atoms. The second-order valence-electron chi connectivity index (χ2n) is 6.69. The van der Waals surface area contributed by atoms with Gasteiger partial charge in [-0.2, -0.15) is 4.40 Å². The minimum Gasteiger partial charge on any atom is -0.368 e. The van der Waals surface area contributed by atoms with Gasteiger partial charge in [0, 0.05) is 25.4 Å². The number of amides is 2. The van der Waals surface area contributed by atoms with Crippen molar-refractivity contribution < 1.29 is 18.0 Å². The van der Waals surface area contributed by atoms with Crippen LogP contribution in [0, 0.1) is 11.8 Å². The van der Waals surface area contributed by atoms with Crippen molar-refractivity contribution in [1.82, 2.24) is 10.2 Å². The maximum absolute atomic E-state index is 12.0. The largest absolute Gasteiger partial charge is 0.368 e. The number of unbranched alkanes of at least 4 members (excludes halogenated alkanes) is 1. The highest BCUT2D eigenvalue weighted by molar-refractivity contribution is 7.89. The van der Waals surface area contributed by atoms with Crippen molar-refractivity contribution in [2.75, 3.05) is 26.4 Å². The second kappa shape index (κ2) is 9.74. The van der Waals surface area contributed by atoms with Gasteiger partial charge < -0.3 is 16.0 Å². The van der Waals surface area contributed by atoms with Crippen molar-refractivity contribution in [2.45, 2.75) is 45.4 Å². The molecular formula is C16H30N4O4S. The molecule has 9 heteroatoms. The maximum Gasteiger partial charge on any atom is 0.251 e. The fourth-order valence-electron chi connectivity index (χ4n) is 3.07. The van der Waals surface area contributed by atoms with Crippen molar-refractivity contribution >= 4 is 27.7 Å². The number of nitrogens with two attached hydrogens (primary N) is 1. The van der Waals surface area contributed by atoms with Gasteiger partial charge in [0.2, 0.25) is 11.8 Å². The molecule has 0 aromatic heterocycles. The minimum atomic E-state index is -3.48. The molecule has 0 spiro atoms. The number of carbonyl (C=O) groups is 2. The molecule has 1 saturated carbocycles. The molecule has 1 fully saturated rings. The fraction of sp³-hybridized carbons (Fsp3) is 0.812. The Morgan fingerprint density at radius 1 is 1.20 bits per heavy atom. The summed E-state index contributed by atoms with van der Waals surface area (Å²) in [5, 5.41) is 2.53. The molecule has 0 aromatic carbocycles. The van der Waals surface area contributed by atoms with E-state index in [0.717, 1.165) is 25.6 Å². The zero-order valence-electron chi connectivity index (χ0n) is 15.3. The summed E-state index contributed by atoms with van der Waals surface area (Å²) in [6, 6.07) is 0. The third-order valence-electron chi connectivity index (χ3n) is 4.40. The van der Waals surface area contributed by atoms with Crippen LogP contribution in [-0.4, -0.2) is 57.4 Å². The number of nitrogens with zero attached hydrogens (tertiary/aromatic N) is 2. The van der Waals surface area contributed by atoms with Crippen LogP contribution in [-0.2, 0) is 19.6 Å². The quantitative estimate of drug-likeness (QED) is 0.473. The van der Waals surface area contributed by atoms with E-state index in [1.165, 1.54) is 0 Å². The Labute approximate surface area is 150 Å². The Bertz CT molecular complexity index is 595. The van der Waals surface area contributed by atoms with E-state index >= 15 is 0 Å². The van der Waals surface area contributed by atoms with Crippen LogP contribution in [0.3, 0.4) is 0 Å². The number of hydrogen-bond donors (Lipinski definition) is 2. The molecule has 144 valence electrons. The fourth-order valence-corrected chi connectivity index (χ4v) is 3.70. The SMILES string of the molecule is CCCCN(C)C(=NS(C)(=O)=O)C1CCC(C(=O)NCC(N)=O)CC1. The lowest BCUT2D eigenvalue weighted by Crippen LogP contribution is -2.41.